The van der Waals surface area contributed by atoms with Crippen molar-refractivity contribution in [2.45, 2.75) is 25.5 Å². The number of hydrogen-bond acceptors (Lipinski definition) is 2. The second-order valence-corrected chi connectivity index (χ2v) is 4.83. The zero-order valence-electron chi connectivity index (χ0n) is 9.64. The van der Waals surface area contributed by atoms with Crippen LogP contribution in [-0.2, 0) is 11.3 Å². The number of nitrogens with zero attached hydrogens (tertiary/aromatic N) is 1. The Labute approximate surface area is 110 Å². The lowest BCUT2D eigenvalue weighted by molar-refractivity contribution is 0.0951. The van der Waals surface area contributed by atoms with Crippen molar-refractivity contribution < 1.29 is 9.53 Å². The van der Waals surface area contributed by atoms with Crippen LogP contribution in [0, 0.1) is 0 Å². The molecule has 17 heavy (non-hydrogen) atoms. The number of amides is 1. The number of halogens is 1. The average molecular weight is 298 g/mol. The topological polar surface area (TPSA) is 29.5 Å². The highest BCUT2D eigenvalue weighted by Crippen LogP contribution is 2.20. The van der Waals surface area contributed by atoms with E-state index in [2.05, 4.69) is 15.9 Å². The van der Waals surface area contributed by atoms with Gasteiger partial charge in [0, 0.05) is 17.9 Å². The molecular formula is C13H16BrNO2. The Hall–Kier alpha value is -1.03. The van der Waals surface area contributed by atoms with Gasteiger partial charge in [-0.2, -0.15) is 0 Å². The molecule has 0 bridgehead atoms. The zero-order chi connectivity index (χ0) is 12.1. The first kappa shape index (κ1) is 12.4. The molecule has 1 fully saturated rings. The summed E-state index contributed by atoms with van der Waals surface area (Å²) in [6.07, 6.45) is 1.93. The van der Waals surface area contributed by atoms with Crippen molar-refractivity contribution in [3.8, 4) is 0 Å². The van der Waals surface area contributed by atoms with Crippen LogP contribution in [0.15, 0.2) is 30.3 Å². The van der Waals surface area contributed by atoms with E-state index in [1.807, 2.05) is 35.2 Å². The van der Waals surface area contributed by atoms with Gasteiger partial charge in [0.1, 0.15) is 6.61 Å². The number of hydrogen-bond donors (Lipinski definition) is 0. The summed E-state index contributed by atoms with van der Waals surface area (Å²) in [5, 5.41) is 0.827. The van der Waals surface area contributed by atoms with E-state index in [0.29, 0.717) is 12.6 Å². The number of benzene rings is 1. The summed E-state index contributed by atoms with van der Waals surface area (Å²) in [6.45, 7) is 1.16. The molecule has 4 heteroatoms. The third kappa shape index (κ3) is 3.22. The lowest BCUT2D eigenvalue weighted by Crippen LogP contribution is -2.36. The fourth-order valence-corrected chi connectivity index (χ4v) is 2.71. The average Bonchev–Trinajstić information content (AvgIpc) is 2.85. The van der Waals surface area contributed by atoms with Crippen LogP contribution in [0.4, 0.5) is 4.79 Å². The van der Waals surface area contributed by atoms with Gasteiger partial charge in [-0.25, -0.2) is 4.79 Å². The molecule has 0 unspecified atom stereocenters. The smallest absolute Gasteiger partial charge is 0.410 e. The highest BCUT2D eigenvalue weighted by molar-refractivity contribution is 9.09. The monoisotopic (exact) mass is 297 g/mol. The Morgan fingerprint density at radius 2 is 2.18 bits per heavy atom. The molecule has 0 N–H and O–H groups in total. The van der Waals surface area contributed by atoms with Crippen molar-refractivity contribution in [3.63, 3.8) is 0 Å². The fraction of sp³-hybridized carbons (Fsp3) is 0.462. The van der Waals surface area contributed by atoms with Crippen LogP contribution in [0.1, 0.15) is 18.4 Å². The third-order valence-corrected chi connectivity index (χ3v) is 3.74. The van der Waals surface area contributed by atoms with Crippen LogP contribution in [0.25, 0.3) is 0 Å². The SMILES string of the molecule is O=C(OCc1ccccc1)N1CCC[C@H]1CBr. The van der Waals surface area contributed by atoms with Gasteiger partial charge in [-0.05, 0) is 18.4 Å². The third-order valence-electron chi connectivity index (χ3n) is 2.99. The van der Waals surface area contributed by atoms with E-state index < -0.39 is 0 Å². The largest absolute Gasteiger partial charge is 0.445 e. The highest BCUT2D eigenvalue weighted by atomic mass is 79.9. The Morgan fingerprint density at radius 3 is 2.88 bits per heavy atom. The number of carbonyl (C=O) groups excluding carboxylic acids is 1. The first-order valence-electron chi connectivity index (χ1n) is 5.84. The van der Waals surface area contributed by atoms with E-state index in [4.69, 9.17) is 4.74 Å². The van der Waals surface area contributed by atoms with E-state index >= 15 is 0 Å². The van der Waals surface area contributed by atoms with Gasteiger partial charge in [-0.1, -0.05) is 46.3 Å². The molecular weight excluding hydrogens is 282 g/mol. The van der Waals surface area contributed by atoms with E-state index in [1.54, 1.807) is 0 Å². The summed E-state index contributed by atoms with van der Waals surface area (Å²) in [4.78, 5) is 13.7. The van der Waals surface area contributed by atoms with Crippen molar-refractivity contribution in [1.29, 1.82) is 0 Å². The van der Waals surface area contributed by atoms with E-state index in [9.17, 15) is 4.79 Å². The van der Waals surface area contributed by atoms with E-state index in [1.165, 1.54) is 0 Å². The maximum atomic E-state index is 11.9. The summed E-state index contributed by atoms with van der Waals surface area (Å²) in [7, 11) is 0. The number of likely N-dealkylation sites (tertiary alicyclic amines) is 1. The molecule has 1 aliphatic rings. The Bertz CT molecular complexity index is 369. The molecule has 0 saturated carbocycles. The summed E-state index contributed by atoms with van der Waals surface area (Å²) in [6, 6.07) is 10.0. The molecule has 0 aromatic heterocycles. The van der Waals surface area contributed by atoms with Gasteiger partial charge in [0.25, 0.3) is 0 Å². The minimum absolute atomic E-state index is 0.198. The van der Waals surface area contributed by atoms with Gasteiger partial charge in [-0.3, -0.25) is 0 Å². The highest BCUT2D eigenvalue weighted by Gasteiger charge is 2.28. The van der Waals surface area contributed by atoms with Crippen LogP contribution in [0.5, 0.6) is 0 Å². The summed E-state index contributed by atoms with van der Waals surface area (Å²) in [5.41, 5.74) is 1.02. The Morgan fingerprint density at radius 1 is 1.41 bits per heavy atom. The minimum atomic E-state index is -0.198. The van der Waals surface area contributed by atoms with Crippen molar-refractivity contribution in [2.24, 2.45) is 0 Å². The molecule has 1 aromatic rings. The fourth-order valence-electron chi connectivity index (χ4n) is 2.04. The first-order valence-corrected chi connectivity index (χ1v) is 6.96. The van der Waals surface area contributed by atoms with Crippen molar-refractivity contribution in [2.75, 3.05) is 11.9 Å². The molecule has 3 nitrogen and oxygen atoms in total. The Kier molecular flexibility index (Phi) is 4.42. The summed E-state index contributed by atoms with van der Waals surface area (Å²) < 4.78 is 5.31. The van der Waals surface area contributed by atoms with Crippen LogP contribution in [0.3, 0.4) is 0 Å². The van der Waals surface area contributed by atoms with E-state index in [-0.39, 0.29) is 6.09 Å². The standard InChI is InChI=1S/C13H16BrNO2/c14-9-12-7-4-8-15(12)13(16)17-10-11-5-2-1-3-6-11/h1-3,5-6,12H,4,7-10H2/t12-/m0/s1. The van der Waals surface area contributed by atoms with Crippen molar-refractivity contribution in [3.05, 3.63) is 35.9 Å². The predicted octanol–water partition coefficient (Wildman–Crippen LogP) is 3.18. The van der Waals surface area contributed by atoms with Gasteiger partial charge >= 0.3 is 6.09 Å². The minimum Gasteiger partial charge on any atom is -0.445 e. The molecule has 1 saturated heterocycles. The molecule has 2 rings (SSSR count). The number of rotatable bonds is 3. The summed E-state index contributed by atoms with van der Waals surface area (Å²) in [5.74, 6) is 0. The molecule has 0 radical (unpaired) electrons. The normalized spacial score (nSPS) is 19.4. The number of ether oxygens (including phenoxy) is 1. The van der Waals surface area contributed by atoms with Crippen LogP contribution in [-0.4, -0.2) is 28.9 Å². The zero-order valence-corrected chi connectivity index (χ0v) is 11.2. The van der Waals surface area contributed by atoms with Gasteiger partial charge in [0.15, 0.2) is 0 Å². The summed E-state index contributed by atoms with van der Waals surface area (Å²) >= 11 is 3.43. The van der Waals surface area contributed by atoms with Crippen molar-refractivity contribution >= 4 is 22.0 Å². The van der Waals surface area contributed by atoms with Crippen LogP contribution >= 0.6 is 15.9 Å². The molecule has 1 atom stereocenters. The maximum Gasteiger partial charge on any atom is 0.410 e. The molecule has 0 aliphatic carbocycles. The Balaban J connectivity index is 1.85. The molecule has 92 valence electrons. The van der Waals surface area contributed by atoms with Gasteiger partial charge in [0.2, 0.25) is 0 Å². The number of alkyl halides is 1. The molecule has 1 heterocycles. The molecule has 1 aromatic carbocycles. The number of carbonyl (C=O) groups is 1. The molecule has 0 spiro atoms. The lowest BCUT2D eigenvalue weighted by atomic mass is 10.2. The lowest BCUT2D eigenvalue weighted by Gasteiger charge is -2.22. The maximum absolute atomic E-state index is 11.9. The van der Waals surface area contributed by atoms with Gasteiger partial charge in [0.05, 0.1) is 0 Å². The molecule has 1 aliphatic heterocycles. The molecule has 1 amide bonds. The van der Waals surface area contributed by atoms with Gasteiger partial charge in [-0.15, -0.1) is 0 Å². The second-order valence-electron chi connectivity index (χ2n) is 4.18. The van der Waals surface area contributed by atoms with Gasteiger partial charge < -0.3 is 9.64 Å². The predicted molar refractivity (Wildman–Crippen MR) is 70.1 cm³/mol. The first-order chi connectivity index (χ1) is 8.31. The quantitative estimate of drug-likeness (QED) is 0.802. The van der Waals surface area contributed by atoms with E-state index in [0.717, 1.165) is 30.3 Å². The van der Waals surface area contributed by atoms with Crippen LogP contribution < -0.4 is 0 Å². The van der Waals surface area contributed by atoms with Crippen LogP contribution in [0.2, 0.25) is 0 Å². The van der Waals surface area contributed by atoms with Crippen molar-refractivity contribution in [1.82, 2.24) is 4.90 Å². The second kappa shape index (κ2) is 6.05.